The van der Waals surface area contributed by atoms with Crippen LogP contribution in [-0.4, -0.2) is 16.1 Å². The molecule has 0 fully saturated rings. The molecule has 2 aliphatic rings. The molecule has 0 radical (unpaired) electrons. The maximum atomic E-state index is 14.4. The number of hydrogen-bond donors (Lipinski definition) is 2. The van der Waals surface area contributed by atoms with Crippen molar-refractivity contribution in [1.29, 1.82) is 0 Å². The fourth-order valence-electron chi connectivity index (χ4n) is 3.44. The van der Waals surface area contributed by atoms with E-state index in [1.54, 1.807) is 18.2 Å². The number of carbonyl (C=O) groups is 1. The molecule has 4 rings (SSSR count). The predicted molar refractivity (Wildman–Crippen MR) is 85.7 cm³/mol. The van der Waals surface area contributed by atoms with Crippen LogP contribution >= 0.6 is 0 Å². The van der Waals surface area contributed by atoms with Crippen molar-refractivity contribution in [1.82, 2.24) is 10.3 Å². The highest BCUT2D eigenvalue weighted by molar-refractivity contribution is 6.00. The van der Waals surface area contributed by atoms with Crippen LogP contribution in [0.1, 0.15) is 38.3 Å². The number of rotatable bonds is 1. The SMILES string of the molecule is CC1(C)CC(=O)C2=C(C1)Nc1nonc1N[C@@H]2c1ccccc1F. The number of carbonyl (C=O) groups excluding carboxylic acids is 1. The summed E-state index contributed by atoms with van der Waals surface area (Å²) in [5, 5.41) is 13.9. The molecule has 0 amide bonds. The van der Waals surface area contributed by atoms with Crippen LogP contribution in [0.5, 0.6) is 0 Å². The Morgan fingerprint density at radius 3 is 2.75 bits per heavy atom. The van der Waals surface area contributed by atoms with Crippen LogP contribution < -0.4 is 10.6 Å². The zero-order valence-corrected chi connectivity index (χ0v) is 13.4. The first-order chi connectivity index (χ1) is 11.4. The van der Waals surface area contributed by atoms with Gasteiger partial charge in [-0.25, -0.2) is 9.02 Å². The average molecular weight is 328 g/mol. The number of nitrogens with one attached hydrogen (secondary N) is 2. The van der Waals surface area contributed by atoms with Gasteiger partial charge in [-0.15, -0.1) is 0 Å². The summed E-state index contributed by atoms with van der Waals surface area (Å²) >= 11 is 0. The summed E-state index contributed by atoms with van der Waals surface area (Å²) < 4.78 is 19.2. The third-order valence-corrected chi connectivity index (χ3v) is 4.46. The van der Waals surface area contributed by atoms with Crippen molar-refractivity contribution < 1.29 is 13.8 Å². The molecular weight excluding hydrogens is 311 g/mol. The van der Waals surface area contributed by atoms with Crippen LogP contribution in [0.4, 0.5) is 16.0 Å². The molecule has 1 atom stereocenters. The van der Waals surface area contributed by atoms with E-state index in [9.17, 15) is 9.18 Å². The number of benzene rings is 1. The van der Waals surface area contributed by atoms with Gasteiger partial charge >= 0.3 is 0 Å². The Balaban J connectivity index is 1.90. The zero-order valence-electron chi connectivity index (χ0n) is 13.4. The molecule has 1 aliphatic heterocycles. The van der Waals surface area contributed by atoms with E-state index in [0.717, 1.165) is 5.70 Å². The number of halogens is 1. The van der Waals surface area contributed by atoms with Gasteiger partial charge in [-0.2, -0.15) is 0 Å². The van der Waals surface area contributed by atoms with E-state index in [-0.39, 0.29) is 17.0 Å². The lowest BCUT2D eigenvalue weighted by atomic mass is 9.73. The number of Topliss-reactive ketones (excluding diaryl/α,β-unsaturated/α-hetero) is 1. The van der Waals surface area contributed by atoms with Gasteiger partial charge in [0.25, 0.3) is 0 Å². The smallest absolute Gasteiger partial charge is 0.219 e. The summed E-state index contributed by atoms with van der Waals surface area (Å²) in [6.07, 6.45) is 1.07. The molecule has 1 aromatic heterocycles. The Kier molecular flexibility index (Phi) is 3.19. The van der Waals surface area contributed by atoms with Crippen LogP contribution in [0.2, 0.25) is 0 Å². The van der Waals surface area contributed by atoms with Crippen LogP contribution in [0.3, 0.4) is 0 Å². The Morgan fingerprint density at radius 2 is 1.96 bits per heavy atom. The van der Waals surface area contributed by atoms with E-state index >= 15 is 0 Å². The van der Waals surface area contributed by atoms with Gasteiger partial charge in [0.2, 0.25) is 11.6 Å². The molecule has 2 heterocycles. The lowest BCUT2D eigenvalue weighted by Gasteiger charge is -2.34. The Bertz CT molecular complexity index is 856. The number of nitrogens with zero attached hydrogens (tertiary/aromatic N) is 2. The van der Waals surface area contributed by atoms with Gasteiger partial charge in [-0.05, 0) is 28.2 Å². The highest BCUT2D eigenvalue weighted by Crippen LogP contribution is 2.44. The predicted octanol–water partition coefficient (Wildman–Crippen LogP) is 3.43. The highest BCUT2D eigenvalue weighted by Gasteiger charge is 2.40. The molecule has 124 valence electrons. The molecule has 7 heteroatoms. The van der Waals surface area contributed by atoms with Crippen molar-refractivity contribution in [3.8, 4) is 0 Å². The maximum absolute atomic E-state index is 14.4. The molecule has 1 aliphatic carbocycles. The van der Waals surface area contributed by atoms with E-state index in [0.29, 0.717) is 35.6 Å². The first kappa shape index (κ1) is 14.9. The second-order valence-electron chi connectivity index (χ2n) is 7.02. The van der Waals surface area contributed by atoms with Gasteiger partial charge in [0.15, 0.2) is 5.78 Å². The molecule has 6 nitrogen and oxygen atoms in total. The Hall–Kier alpha value is -2.70. The van der Waals surface area contributed by atoms with Gasteiger partial charge in [0.1, 0.15) is 5.82 Å². The fraction of sp³-hybridized carbons (Fsp3) is 0.353. The van der Waals surface area contributed by atoms with Crippen molar-refractivity contribution in [2.75, 3.05) is 10.6 Å². The largest absolute Gasteiger partial charge is 0.353 e. The van der Waals surface area contributed by atoms with E-state index in [2.05, 4.69) is 20.9 Å². The quantitative estimate of drug-likeness (QED) is 0.835. The van der Waals surface area contributed by atoms with Crippen LogP contribution in [0.15, 0.2) is 40.2 Å². The Labute approximate surface area is 138 Å². The molecule has 0 saturated carbocycles. The zero-order chi connectivity index (χ0) is 16.9. The number of fused-ring (bicyclic) bond motifs is 1. The average Bonchev–Trinajstić information content (AvgIpc) is 2.86. The topological polar surface area (TPSA) is 80.1 Å². The molecule has 1 aromatic carbocycles. The Morgan fingerprint density at radius 1 is 1.21 bits per heavy atom. The van der Waals surface area contributed by atoms with E-state index in [1.165, 1.54) is 6.07 Å². The molecule has 0 bridgehead atoms. The van der Waals surface area contributed by atoms with Gasteiger partial charge in [-0.1, -0.05) is 32.0 Å². The molecule has 0 unspecified atom stereocenters. The standard InChI is InChI=1S/C17H17FN4O2/c1-17(2)7-11-13(12(23)8-17)14(9-5-3-4-6-10(9)18)20-16-15(19-11)21-24-22-16/h3-6,14H,7-8H2,1-2H3,(H,19,21)(H,20,22)/t14-/m1/s1. The van der Waals surface area contributed by atoms with Crippen molar-refractivity contribution in [3.63, 3.8) is 0 Å². The molecule has 24 heavy (non-hydrogen) atoms. The van der Waals surface area contributed by atoms with Crippen molar-refractivity contribution >= 4 is 17.4 Å². The van der Waals surface area contributed by atoms with Crippen LogP contribution in [-0.2, 0) is 4.79 Å². The molecule has 0 saturated heterocycles. The fourth-order valence-corrected chi connectivity index (χ4v) is 3.44. The van der Waals surface area contributed by atoms with Crippen molar-refractivity contribution in [3.05, 3.63) is 46.9 Å². The maximum Gasteiger partial charge on any atom is 0.219 e. The second-order valence-corrected chi connectivity index (χ2v) is 7.02. The van der Waals surface area contributed by atoms with E-state index in [1.807, 2.05) is 13.8 Å². The number of anilines is 2. The monoisotopic (exact) mass is 328 g/mol. The van der Waals surface area contributed by atoms with Gasteiger partial charge < -0.3 is 10.6 Å². The molecule has 0 spiro atoms. The summed E-state index contributed by atoms with van der Waals surface area (Å²) in [6.45, 7) is 4.07. The third kappa shape index (κ3) is 2.36. The van der Waals surface area contributed by atoms with Crippen LogP contribution in [0.25, 0.3) is 0 Å². The van der Waals surface area contributed by atoms with E-state index < -0.39 is 6.04 Å². The normalized spacial score (nSPS) is 22.1. The summed E-state index contributed by atoms with van der Waals surface area (Å²) in [5.74, 6) is 0.395. The molecule has 2 aromatic rings. The van der Waals surface area contributed by atoms with Crippen LogP contribution in [0, 0.1) is 11.2 Å². The van der Waals surface area contributed by atoms with E-state index in [4.69, 9.17) is 4.63 Å². The van der Waals surface area contributed by atoms with Crippen molar-refractivity contribution in [2.24, 2.45) is 5.41 Å². The lowest BCUT2D eigenvalue weighted by molar-refractivity contribution is -0.118. The summed E-state index contributed by atoms with van der Waals surface area (Å²) in [7, 11) is 0. The number of allylic oxidation sites excluding steroid dienone is 1. The minimum absolute atomic E-state index is 0.00315. The summed E-state index contributed by atoms with van der Waals surface area (Å²) in [5.41, 5.74) is 1.51. The summed E-state index contributed by atoms with van der Waals surface area (Å²) in [4.78, 5) is 12.8. The summed E-state index contributed by atoms with van der Waals surface area (Å²) in [6, 6.07) is 5.79. The first-order valence-electron chi connectivity index (χ1n) is 7.81. The van der Waals surface area contributed by atoms with Gasteiger partial charge in [0.05, 0.1) is 6.04 Å². The number of ketones is 1. The molecule has 2 N–H and O–H groups in total. The minimum atomic E-state index is -0.634. The first-order valence-corrected chi connectivity index (χ1v) is 7.81. The number of hydrogen-bond acceptors (Lipinski definition) is 6. The van der Waals surface area contributed by atoms with Gasteiger partial charge in [0, 0.05) is 23.3 Å². The van der Waals surface area contributed by atoms with Crippen molar-refractivity contribution in [2.45, 2.75) is 32.7 Å². The third-order valence-electron chi connectivity index (χ3n) is 4.46. The minimum Gasteiger partial charge on any atom is -0.353 e. The van der Waals surface area contributed by atoms with Gasteiger partial charge in [-0.3, -0.25) is 4.79 Å². The lowest BCUT2D eigenvalue weighted by Crippen LogP contribution is -2.31. The second kappa shape index (κ2) is 5.15. The number of aromatic nitrogens is 2. The molecular formula is C17H17FN4O2. The highest BCUT2D eigenvalue weighted by atomic mass is 19.1.